The highest BCUT2D eigenvalue weighted by Crippen LogP contribution is 2.21. The van der Waals surface area contributed by atoms with Gasteiger partial charge in [0.05, 0.1) is 12.5 Å². The minimum Gasteiger partial charge on any atom is -0.450 e. The fraction of sp³-hybridized carbons (Fsp3) is 0.591. The summed E-state index contributed by atoms with van der Waals surface area (Å²) in [5, 5.41) is 0. The first-order valence-electron chi connectivity index (χ1n) is 10.6. The van der Waals surface area contributed by atoms with Crippen molar-refractivity contribution in [3.05, 3.63) is 35.9 Å². The Hall–Kier alpha value is -2.57. The largest absolute Gasteiger partial charge is 0.450 e. The summed E-state index contributed by atoms with van der Waals surface area (Å²) >= 11 is 0. The summed E-state index contributed by atoms with van der Waals surface area (Å²) in [6.45, 7) is 5.38. The van der Waals surface area contributed by atoms with Crippen molar-refractivity contribution in [1.29, 1.82) is 0 Å². The lowest BCUT2D eigenvalue weighted by Crippen LogP contribution is -2.54. The van der Waals surface area contributed by atoms with Crippen molar-refractivity contribution in [3.63, 3.8) is 0 Å². The number of piperazine rings is 1. The van der Waals surface area contributed by atoms with E-state index in [9.17, 15) is 14.4 Å². The van der Waals surface area contributed by atoms with Gasteiger partial charge in [-0.2, -0.15) is 0 Å². The molecule has 0 spiro atoms. The number of ether oxygens (including phenoxy) is 1. The molecule has 0 N–H and O–H groups in total. The van der Waals surface area contributed by atoms with E-state index in [4.69, 9.17) is 4.74 Å². The van der Waals surface area contributed by atoms with Gasteiger partial charge in [0.15, 0.2) is 0 Å². The van der Waals surface area contributed by atoms with Gasteiger partial charge < -0.3 is 19.4 Å². The van der Waals surface area contributed by atoms with Crippen molar-refractivity contribution in [2.75, 3.05) is 45.9 Å². The second-order valence-corrected chi connectivity index (χ2v) is 7.68. The average molecular weight is 402 g/mol. The average Bonchev–Trinajstić information content (AvgIpc) is 2.75. The fourth-order valence-electron chi connectivity index (χ4n) is 4.03. The quantitative estimate of drug-likeness (QED) is 0.732. The van der Waals surface area contributed by atoms with Crippen LogP contribution < -0.4 is 0 Å². The highest BCUT2D eigenvalue weighted by atomic mass is 16.6. The Morgan fingerprint density at radius 3 is 2.45 bits per heavy atom. The number of rotatable bonds is 6. The minimum absolute atomic E-state index is 0.106. The third-order valence-corrected chi connectivity index (χ3v) is 5.70. The number of benzene rings is 1. The summed E-state index contributed by atoms with van der Waals surface area (Å²) in [5.41, 5.74) is 1.27. The van der Waals surface area contributed by atoms with Gasteiger partial charge in [0.1, 0.15) is 0 Å². The number of carbonyl (C=O) groups excluding carboxylic acids is 3. The molecule has 0 bridgehead atoms. The zero-order chi connectivity index (χ0) is 20.6. The number of hydrogen-bond donors (Lipinski definition) is 0. The zero-order valence-corrected chi connectivity index (χ0v) is 17.2. The first kappa shape index (κ1) is 21.1. The molecule has 3 amide bonds. The molecule has 29 heavy (non-hydrogen) atoms. The first-order chi connectivity index (χ1) is 14.1. The number of nitrogens with zero attached hydrogens (tertiary/aromatic N) is 3. The summed E-state index contributed by atoms with van der Waals surface area (Å²) in [6, 6.07) is 10.2. The van der Waals surface area contributed by atoms with Crippen LogP contribution in [-0.4, -0.2) is 78.5 Å². The highest BCUT2D eigenvalue weighted by molar-refractivity contribution is 5.84. The molecular formula is C22H31N3O4. The van der Waals surface area contributed by atoms with Gasteiger partial charge in [0, 0.05) is 45.7 Å². The number of amides is 3. The molecule has 2 aliphatic rings. The maximum absolute atomic E-state index is 13.0. The third-order valence-electron chi connectivity index (χ3n) is 5.70. The summed E-state index contributed by atoms with van der Waals surface area (Å²) in [6.07, 6.45) is 2.57. The number of hydrogen-bond acceptors (Lipinski definition) is 4. The number of likely N-dealkylation sites (tertiary alicyclic amines) is 1. The number of carbonyl (C=O) groups is 3. The lowest BCUT2D eigenvalue weighted by molar-refractivity contribution is -0.144. The smallest absolute Gasteiger partial charge is 0.409 e. The van der Waals surface area contributed by atoms with Gasteiger partial charge in [0.25, 0.3) is 0 Å². The second kappa shape index (κ2) is 10.3. The van der Waals surface area contributed by atoms with Crippen LogP contribution in [0, 0.1) is 5.92 Å². The van der Waals surface area contributed by atoms with E-state index < -0.39 is 0 Å². The van der Waals surface area contributed by atoms with E-state index in [1.165, 1.54) is 5.56 Å². The Morgan fingerprint density at radius 1 is 1.07 bits per heavy atom. The normalized spacial score (nSPS) is 20.0. The molecule has 7 nitrogen and oxygen atoms in total. The SMILES string of the molecule is CCOC(=O)N1CCN(C(=O)[C@@H]2CCC(=O)N(CCCc3ccccc3)C2)CC1. The second-order valence-electron chi connectivity index (χ2n) is 7.68. The van der Waals surface area contributed by atoms with Gasteiger partial charge in [-0.3, -0.25) is 9.59 Å². The van der Waals surface area contributed by atoms with Gasteiger partial charge in [-0.05, 0) is 31.7 Å². The Kier molecular flexibility index (Phi) is 7.49. The first-order valence-corrected chi connectivity index (χ1v) is 10.6. The summed E-state index contributed by atoms with van der Waals surface area (Å²) in [4.78, 5) is 42.4. The monoisotopic (exact) mass is 401 g/mol. The Morgan fingerprint density at radius 2 is 1.76 bits per heavy atom. The minimum atomic E-state index is -0.313. The standard InChI is InChI=1S/C22H31N3O4/c1-2-29-22(28)24-15-13-23(14-16-24)21(27)19-10-11-20(26)25(17-19)12-6-9-18-7-4-3-5-8-18/h3-5,7-8,19H,2,6,9-17H2,1H3/t19-/m1/s1. The van der Waals surface area contributed by atoms with E-state index in [-0.39, 0.29) is 23.8 Å². The number of aryl methyl sites for hydroxylation is 1. The van der Waals surface area contributed by atoms with Gasteiger partial charge in [-0.25, -0.2) is 4.79 Å². The molecule has 0 aromatic heterocycles. The van der Waals surface area contributed by atoms with Crippen LogP contribution in [0.5, 0.6) is 0 Å². The van der Waals surface area contributed by atoms with Gasteiger partial charge in [-0.1, -0.05) is 30.3 Å². The van der Waals surface area contributed by atoms with Crippen molar-refractivity contribution in [2.24, 2.45) is 5.92 Å². The van der Waals surface area contributed by atoms with Crippen LogP contribution in [0.4, 0.5) is 4.79 Å². The van der Waals surface area contributed by atoms with Crippen LogP contribution in [0.25, 0.3) is 0 Å². The topological polar surface area (TPSA) is 70.2 Å². The molecule has 3 rings (SSSR count). The molecule has 2 aliphatic heterocycles. The molecule has 0 radical (unpaired) electrons. The predicted molar refractivity (Wildman–Crippen MR) is 109 cm³/mol. The summed E-state index contributed by atoms with van der Waals surface area (Å²) in [5.74, 6) is 0.113. The van der Waals surface area contributed by atoms with Gasteiger partial charge in [-0.15, -0.1) is 0 Å². The van der Waals surface area contributed by atoms with Gasteiger partial charge in [0.2, 0.25) is 11.8 Å². The Bertz CT molecular complexity index is 701. The molecule has 2 saturated heterocycles. The highest BCUT2D eigenvalue weighted by Gasteiger charge is 2.34. The maximum atomic E-state index is 13.0. The van der Waals surface area contributed by atoms with E-state index in [2.05, 4.69) is 12.1 Å². The van der Waals surface area contributed by atoms with E-state index >= 15 is 0 Å². The van der Waals surface area contributed by atoms with Crippen molar-refractivity contribution < 1.29 is 19.1 Å². The summed E-state index contributed by atoms with van der Waals surface area (Å²) in [7, 11) is 0. The van der Waals surface area contributed by atoms with E-state index in [0.717, 1.165) is 12.8 Å². The molecule has 0 saturated carbocycles. The van der Waals surface area contributed by atoms with Crippen LogP contribution in [0.3, 0.4) is 0 Å². The van der Waals surface area contributed by atoms with Crippen LogP contribution in [0.2, 0.25) is 0 Å². The van der Waals surface area contributed by atoms with Gasteiger partial charge >= 0.3 is 6.09 Å². The van der Waals surface area contributed by atoms with Crippen LogP contribution in [0.15, 0.2) is 30.3 Å². The lowest BCUT2D eigenvalue weighted by atomic mass is 9.95. The molecule has 1 aromatic carbocycles. The Labute approximate surface area is 172 Å². The number of piperidine rings is 1. The molecule has 2 heterocycles. The molecular weight excluding hydrogens is 370 g/mol. The molecule has 1 aromatic rings. The van der Waals surface area contributed by atoms with Crippen LogP contribution >= 0.6 is 0 Å². The van der Waals surface area contributed by atoms with Crippen LogP contribution in [0.1, 0.15) is 31.7 Å². The Balaban J connectivity index is 1.46. The molecule has 158 valence electrons. The molecule has 2 fully saturated rings. The van der Waals surface area contributed by atoms with Crippen LogP contribution in [-0.2, 0) is 20.7 Å². The van der Waals surface area contributed by atoms with Crippen molar-refractivity contribution >= 4 is 17.9 Å². The molecule has 0 unspecified atom stereocenters. The van der Waals surface area contributed by atoms with E-state index in [1.807, 2.05) is 28.0 Å². The lowest BCUT2D eigenvalue weighted by Gasteiger charge is -2.38. The van der Waals surface area contributed by atoms with E-state index in [0.29, 0.717) is 58.7 Å². The molecule has 1 atom stereocenters. The van der Waals surface area contributed by atoms with Crippen molar-refractivity contribution in [2.45, 2.75) is 32.6 Å². The predicted octanol–water partition coefficient (Wildman–Crippen LogP) is 2.16. The molecule has 0 aliphatic carbocycles. The molecule has 7 heteroatoms. The van der Waals surface area contributed by atoms with E-state index in [1.54, 1.807) is 11.8 Å². The zero-order valence-electron chi connectivity index (χ0n) is 17.2. The summed E-state index contributed by atoms with van der Waals surface area (Å²) < 4.78 is 5.03. The van der Waals surface area contributed by atoms with Crippen molar-refractivity contribution in [3.8, 4) is 0 Å². The fourth-order valence-corrected chi connectivity index (χ4v) is 4.03. The van der Waals surface area contributed by atoms with Crippen molar-refractivity contribution in [1.82, 2.24) is 14.7 Å². The third kappa shape index (κ3) is 5.71. The maximum Gasteiger partial charge on any atom is 0.409 e.